The predicted molar refractivity (Wildman–Crippen MR) is 93.4 cm³/mol. The highest BCUT2D eigenvalue weighted by Gasteiger charge is 2.30. The van der Waals surface area contributed by atoms with Gasteiger partial charge in [0.15, 0.2) is 0 Å². The Hall–Kier alpha value is -2.84. The second-order valence-corrected chi connectivity index (χ2v) is 6.71. The third-order valence-corrected chi connectivity index (χ3v) is 3.71. The first-order valence-corrected chi connectivity index (χ1v) is 7.93. The molecule has 0 fully saturated rings. The Kier molecular flexibility index (Phi) is 4.61. The van der Waals surface area contributed by atoms with Crippen LogP contribution in [0.25, 0.3) is 0 Å². The molecular formula is C16H24N6O3. The van der Waals surface area contributed by atoms with Gasteiger partial charge in [-0.1, -0.05) is 0 Å². The van der Waals surface area contributed by atoms with Gasteiger partial charge in [-0.15, -0.1) is 0 Å². The van der Waals surface area contributed by atoms with Gasteiger partial charge in [-0.2, -0.15) is 14.9 Å². The Morgan fingerprint density at radius 3 is 2.08 bits per heavy atom. The van der Waals surface area contributed by atoms with E-state index in [1.165, 1.54) is 0 Å². The van der Waals surface area contributed by atoms with Crippen molar-refractivity contribution < 1.29 is 14.3 Å². The average Bonchev–Trinajstić information content (AvgIpc) is 2.95. The fourth-order valence-electron chi connectivity index (χ4n) is 2.58. The number of rotatable bonds is 3. The molecule has 0 radical (unpaired) electrons. The van der Waals surface area contributed by atoms with Crippen molar-refractivity contribution in [1.82, 2.24) is 19.6 Å². The van der Waals surface area contributed by atoms with Crippen LogP contribution in [-0.2, 0) is 10.3 Å². The number of aromatic nitrogens is 4. The van der Waals surface area contributed by atoms with Crippen molar-refractivity contribution in [2.75, 3.05) is 18.1 Å². The maximum Gasteiger partial charge on any atom is 0.343 e. The number of nitrogens with zero attached hydrogens (tertiary/aromatic N) is 4. The van der Waals surface area contributed by atoms with Crippen molar-refractivity contribution in [3.05, 3.63) is 22.5 Å². The van der Waals surface area contributed by atoms with Crippen molar-refractivity contribution in [3.63, 3.8) is 0 Å². The molecule has 4 N–H and O–H groups in total. The molecule has 0 aliphatic heterocycles. The monoisotopic (exact) mass is 348 g/mol. The van der Waals surface area contributed by atoms with Crippen molar-refractivity contribution >= 4 is 23.5 Å². The zero-order chi connectivity index (χ0) is 19.1. The van der Waals surface area contributed by atoms with Crippen molar-refractivity contribution in [2.24, 2.45) is 0 Å². The lowest BCUT2D eigenvalue weighted by Gasteiger charge is -2.20. The quantitative estimate of drug-likeness (QED) is 0.803. The van der Waals surface area contributed by atoms with Crippen LogP contribution in [0, 0.1) is 13.8 Å². The lowest BCUT2D eigenvalue weighted by Crippen LogP contribution is -2.25. The zero-order valence-electron chi connectivity index (χ0n) is 15.4. The van der Waals surface area contributed by atoms with Gasteiger partial charge in [-0.25, -0.2) is 9.48 Å². The summed E-state index contributed by atoms with van der Waals surface area (Å²) in [4.78, 5) is 25.0. The first-order valence-electron chi connectivity index (χ1n) is 7.93. The van der Waals surface area contributed by atoms with Gasteiger partial charge in [0, 0.05) is 0 Å². The van der Waals surface area contributed by atoms with Gasteiger partial charge < -0.3 is 16.2 Å². The predicted octanol–water partition coefficient (Wildman–Crippen LogP) is 1.48. The summed E-state index contributed by atoms with van der Waals surface area (Å²) in [5, 5.41) is 8.44. The minimum Gasteiger partial charge on any atom is -0.462 e. The van der Waals surface area contributed by atoms with E-state index in [-0.39, 0.29) is 29.4 Å². The summed E-state index contributed by atoms with van der Waals surface area (Å²) in [6.07, 6.45) is 0. The van der Waals surface area contributed by atoms with Gasteiger partial charge in [0.05, 0.1) is 23.5 Å². The van der Waals surface area contributed by atoms with Crippen LogP contribution in [0.3, 0.4) is 0 Å². The number of anilines is 2. The highest BCUT2D eigenvalue weighted by molar-refractivity contribution is 6.05. The first-order chi connectivity index (χ1) is 11.5. The van der Waals surface area contributed by atoms with Crippen LogP contribution in [0.2, 0.25) is 0 Å². The van der Waals surface area contributed by atoms with Crippen LogP contribution in [-0.4, -0.2) is 38.0 Å². The number of nitrogen functional groups attached to an aromatic ring is 2. The van der Waals surface area contributed by atoms with Gasteiger partial charge in [0.1, 0.15) is 22.8 Å². The van der Waals surface area contributed by atoms with E-state index in [4.69, 9.17) is 16.2 Å². The number of hydrogen-bond donors (Lipinski definition) is 2. The molecule has 25 heavy (non-hydrogen) atoms. The summed E-state index contributed by atoms with van der Waals surface area (Å²) < 4.78 is 7.50. The fourth-order valence-corrected chi connectivity index (χ4v) is 2.58. The average molecular weight is 348 g/mol. The summed E-state index contributed by atoms with van der Waals surface area (Å²) in [6, 6.07) is 0. The van der Waals surface area contributed by atoms with Gasteiger partial charge in [0.2, 0.25) is 0 Å². The molecule has 2 aromatic rings. The Bertz CT molecular complexity index is 841. The van der Waals surface area contributed by atoms with Crippen molar-refractivity contribution in [3.8, 4) is 0 Å². The number of nitrogens with two attached hydrogens (primary N) is 2. The maximum absolute atomic E-state index is 12.9. The Morgan fingerprint density at radius 1 is 1.04 bits per heavy atom. The van der Waals surface area contributed by atoms with Crippen molar-refractivity contribution in [1.29, 1.82) is 0 Å². The molecule has 2 heterocycles. The molecule has 0 aromatic carbocycles. The molecule has 0 amide bonds. The van der Waals surface area contributed by atoms with E-state index in [9.17, 15) is 9.59 Å². The number of aryl methyl sites for hydroxylation is 2. The number of hydrogen-bond acceptors (Lipinski definition) is 7. The van der Waals surface area contributed by atoms with Gasteiger partial charge in [0.25, 0.3) is 5.91 Å². The van der Waals surface area contributed by atoms with E-state index < -0.39 is 17.4 Å². The largest absolute Gasteiger partial charge is 0.462 e. The third-order valence-electron chi connectivity index (χ3n) is 3.71. The summed E-state index contributed by atoms with van der Waals surface area (Å²) >= 11 is 0. The fraction of sp³-hybridized carbons (Fsp3) is 0.500. The maximum atomic E-state index is 12.9. The summed E-state index contributed by atoms with van der Waals surface area (Å²) in [5.74, 6) is -1.02. The smallest absolute Gasteiger partial charge is 0.343 e. The lowest BCUT2D eigenvalue weighted by molar-refractivity contribution is 0.0527. The second kappa shape index (κ2) is 6.23. The molecule has 9 heteroatoms. The molecule has 0 unspecified atom stereocenters. The molecule has 0 saturated carbocycles. The van der Waals surface area contributed by atoms with Crippen LogP contribution >= 0.6 is 0 Å². The van der Waals surface area contributed by atoms with Crippen LogP contribution in [0.5, 0.6) is 0 Å². The van der Waals surface area contributed by atoms with Crippen LogP contribution < -0.4 is 11.5 Å². The first kappa shape index (κ1) is 18.5. The summed E-state index contributed by atoms with van der Waals surface area (Å²) in [7, 11) is 0. The molecule has 0 bridgehead atoms. The van der Waals surface area contributed by atoms with E-state index in [0.29, 0.717) is 11.4 Å². The van der Waals surface area contributed by atoms with Gasteiger partial charge >= 0.3 is 5.97 Å². The number of ether oxygens (including phenoxy) is 1. The number of esters is 1. The topological polar surface area (TPSA) is 131 Å². The number of carbonyl (C=O) groups excluding carboxylic acids is 2. The molecule has 0 atom stereocenters. The molecule has 0 spiro atoms. The Balaban J connectivity index is 2.55. The minimum atomic E-state index is -0.619. The molecule has 2 aromatic heterocycles. The van der Waals surface area contributed by atoms with Gasteiger partial charge in [-0.3, -0.25) is 4.79 Å². The second-order valence-electron chi connectivity index (χ2n) is 6.71. The standard InChI is InChI=1S/C16H24N6O3/c1-7-25-15(24)11-9(3)19-21(12(11)17)14(23)10-8(2)20-22(13(10)18)16(4,5)6/h7,17-18H2,1-6H3. The molecular weight excluding hydrogens is 324 g/mol. The Labute approximate surface area is 145 Å². The number of carbonyl (C=O) groups is 2. The van der Waals surface area contributed by atoms with E-state index in [1.807, 2.05) is 20.8 Å². The normalized spacial score (nSPS) is 11.6. The summed E-state index contributed by atoms with van der Waals surface area (Å²) in [5.41, 5.74) is 12.8. The van der Waals surface area contributed by atoms with Crippen LogP contribution in [0.4, 0.5) is 11.6 Å². The van der Waals surface area contributed by atoms with Crippen molar-refractivity contribution in [2.45, 2.75) is 47.1 Å². The van der Waals surface area contributed by atoms with Crippen LogP contribution in [0.15, 0.2) is 0 Å². The zero-order valence-corrected chi connectivity index (χ0v) is 15.4. The third kappa shape index (κ3) is 3.09. The minimum absolute atomic E-state index is 0.0784. The molecule has 0 aliphatic carbocycles. The highest BCUT2D eigenvalue weighted by atomic mass is 16.5. The molecule has 136 valence electrons. The molecule has 9 nitrogen and oxygen atoms in total. The summed E-state index contributed by atoms with van der Waals surface area (Å²) in [6.45, 7) is 10.9. The van der Waals surface area contributed by atoms with E-state index in [2.05, 4.69) is 10.2 Å². The molecule has 2 rings (SSSR count). The van der Waals surface area contributed by atoms with E-state index in [1.54, 1.807) is 25.5 Å². The Morgan fingerprint density at radius 2 is 1.60 bits per heavy atom. The lowest BCUT2D eigenvalue weighted by atomic mass is 10.1. The van der Waals surface area contributed by atoms with Gasteiger partial charge in [-0.05, 0) is 41.5 Å². The van der Waals surface area contributed by atoms with E-state index in [0.717, 1.165) is 4.68 Å². The highest BCUT2D eigenvalue weighted by Crippen LogP contribution is 2.26. The molecule has 0 saturated heterocycles. The van der Waals surface area contributed by atoms with Crippen LogP contribution in [0.1, 0.15) is 59.8 Å². The van der Waals surface area contributed by atoms with E-state index >= 15 is 0 Å². The SMILES string of the molecule is CCOC(=O)c1c(C)nn(C(=O)c2c(C)nn(C(C)(C)C)c2N)c1N. The molecule has 0 aliphatic rings.